The van der Waals surface area contributed by atoms with E-state index < -0.39 is 11.6 Å². The molecule has 0 N–H and O–H groups in total. The number of amides is 1. The smallest absolute Gasteiger partial charge is 0.234 e. The number of nitrogens with zero attached hydrogens (tertiary/aromatic N) is 3. The molecule has 0 bridgehead atoms. The van der Waals surface area contributed by atoms with Gasteiger partial charge in [0, 0.05) is 23.3 Å². The second kappa shape index (κ2) is 7.50. The van der Waals surface area contributed by atoms with Crippen molar-refractivity contribution in [2.45, 2.75) is 13.0 Å². The zero-order valence-electron chi connectivity index (χ0n) is 13.9. The lowest BCUT2D eigenvalue weighted by Gasteiger charge is -2.19. The first-order valence-electron chi connectivity index (χ1n) is 8.07. The van der Waals surface area contributed by atoms with Gasteiger partial charge in [0.05, 0.1) is 17.7 Å². The van der Waals surface area contributed by atoms with Crippen molar-refractivity contribution in [2.75, 3.05) is 4.90 Å². The Balaban J connectivity index is 1.72. The van der Waals surface area contributed by atoms with Crippen molar-refractivity contribution in [2.24, 2.45) is 0 Å². The van der Waals surface area contributed by atoms with Gasteiger partial charge in [0.1, 0.15) is 11.3 Å². The molecule has 4 nitrogen and oxygen atoms in total. The van der Waals surface area contributed by atoms with Crippen molar-refractivity contribution in [3.05, 3.63) is 76.2 Å². The van der Waals surface area contributed by atoms with E-state index in [0.29, 0.717) is 9.83 Å². The third kappa shape index (κ3) is 3.86. The van der Waals surface area contributed by atoms with E-state index in [2.05, 4.69) is 9.97 Å². The second-order valence-corrected chi connectivity index (χ2v) is 7.87. The number of anilines is 1. The summed E-state index contributed by atoms with van der Waals surface area (Å²) in [6.45, 7) is 0.252. The number of pyridine rings is 1. The summed E-state index contributed by atoms with van der Waals surface area (Å²) in [6.07, 6.45) is 3.53. The van der Waals surface area contributed by atoms with Crippen LogP contribution < -0.4 is 4.90 Å². The minimum absolute atomic E-state index is 0.0662. The first-order chi connectivity index (χ1) is 13.1. The van der Waals surface area contributed by atoms with Crippen LogP contribution in [0.2, 0.25) is 0 Å². The SMILES string of the molecule is O=C(Cc1cccs1)N(Cc1cccnc1)c1nc2c(F)cc(F)cc2s1. The van der Waals surface area contributed by atoms with Gasteiger partial charge < -0.3 is 0 Å². The molecule has 0 aliphatic heterocycles. The molecule has 1 amide bonds. The molecule has 27 heavy (non-hydrogen) atoms. The number of aromatic nitrogens is 2. The average molecular weight is 401 g/mol. The zero-order valence-corrected chi connectivity index (χ0v) is 15.6. The summed E-state index contributed by atoms with van der Waals surface area (Å²) in [6, 6.07) is 9.43. The van der Waals surface area contributed by atoms with E-state index in [1.807, 2.05) is 23.6 Å². The van der Waals surface area contributed by atoms with E-state index in [0.717, 1.165) is 27.8 Å². The third-order valence-electron chi connectivity index (χ3n) is 3.90. The highest BCUT2D eigenvalue weighted by atomic mass is 32.1. The molecule has 0 radical (unpaired) electrons. The normalized spacial score (nSPS) is 11.0. The standard InChI is InChI=1S/C19H13F2N3OS2/c20-13-7-15(21)18-16(8-13)27-19(23-18)24(11-12-3-1-5-22-10-12)17(25)9-14-4-2-6-26-14/h1-8,10H,9,11H2. The number of thiophene rings is 1. The molecule has 4 rings (SSSR count). The lowest BCUT2D eigenvalue weighted by atomic mass is 10.2. The molecule has 0 saturated carbocycles. The van der Waals surface area contributed by atoms with Gasteiger partial charge in [0.25, 0.3) is 0 Å². The summed E-state index contributed by atoms with van der Waals surface area (Å²) in [5, 5.41) is 2.24. The lowest BCUT2D eigenvalue weighted by Crippen LogP contribution is -2.31. The van der Waals surface area contributed by atoms with E-state index >= 15 is 0 Å². The summed E-state index contributed by atoms with van der Waals surface area (Å²) >= 11 is 2.58. The number of hydrogen-bond donors (Lipinski definition) is 0. The van der Waals surface area contributed by atoms with Gasteiger partial charge in [-0.3, -0.25) is 14.7 Å². The highest BCUT2D eigenvalue weighted by Gasteiger charge is 2.22. The molecule has 8 heteroatoms. The minimum atomic E-state index is -0.737. The van der Waals surface area contributed by atoms with Crippen molar-refractivity contribution in [1.29, 1.82) is 0 Å². The molecule has 0 aliphatic carbocycles. The Morgan fingerprint density at radius 2 is 2.07 bits per heavy atom. The number of hydrogen-bond acceptors (Lipinski definition) is 5. The van der Waals surface area contributed by atoms with Gasteiger partial charge in [-0.25, -0.2) is 13.8 Å². The quantitative estimate of drug-likeness (QED) is 0.482. The number of benzene rings is 1. The first kappa shape index (κ1) is 17.7. The molecule has 3 heterocycles. The Labute approximate surface area is 161 Å². The van der Waals surface area contributed by atoms with Gasteiger partial charge in [-0.1, -0.05) is 23.5 Å². The Morgan fingerprint density at radius 3 is 2.81 bits per heavy atom. The first-order valence-corrected chi connectivity index (χ1v) is 9.77. The van der Waals surface area contributed by atoms with Gasteiger partial charge in [-0.15, -0.1) is 11.3 Å². The number of thiazole rings is 1. The molecule has 3 aromatic heterocycles. The third-order valence-corrected chi connectivity index (χ3v) is 5.80. The Hall–Kier alpha value is -2.71. The van der Waals surface area contributed by atoms with Crippen molar-refractivity contribution in [3.63, 3.8) is 0 Å². The van der Waals surface area contributed by atoms with Crippen LogP contribution in [-0.2, 0) is 17.8 Å². The molecular formula is C19H13F2N3OS2. The maximum absolute atomic E-state index is 14.0. The van der Waals surface area contributed by atoms with E-state index in [1.54, 1.807) is 18.5 Å². The van der Waals surface area contributed by atoms with Gasteiger partial charge in [0.15, 0.2) is 10.9 Å². The zero-order chi connectivity index (χ0) is 18.8. The summed E-state index contributed by atoms with van der Waals surface area (Å²) in [5.74, 6) is -1.57. The van der Waals surface area contributed by atoms with Crippen LogP contribution in [0.4, 0.5) is 13.9 Å². The predicted octanol–water partition coefficient (Wildman–Crippen LogP) is 4.81. The summed E-state index contributed by atoms with van der Waals surface area (Å²) in [4.78, 5) is 23.7. The van der Waals surface area contributed by atoms with E-state index in [-0.39, 0.29) is 24.4 Å². The summed E-state index contributed by atoms with van der Waals surface area (Å²) < 4.78 is 27.9. The van der Waals surface area contributed by atoms with E-state index in [9.17, 15) is 13.6 Å². The van der Waals surface area contributed by atoms with Crippen LogP contribution in [0.15, 0.2) is 54.2 Å². The largest absolute Gasteiger partial charge is 0.283 e. The summed E-state index contributed by atoms with van der Waals surface area (Å²) in [5.41, 5.74) is 0.888. The molecule has 136 valence electrons. The number of carbonyl (C=O) groups is 1. The van der Waals surface area contributed by atoms with Gasteiger partial charge >= 0.3 is 0 Å². The van der Waals surface area contributed by atoms with Crippen molar-refractivity contribution < 1.29 is 13.6 Å². The number of rotatable bonds is 5. The van der Waals surface area contributed by atoms with Crippen LogP contribution >= 0.6 is 22.7 Å². The number of fused-ring (bicyclic) bond motifs is 1. The fourth-order valence-electron chi connectivity index (χ4n) is 2.66. The van der Waals surface area contributed by atoms with E-state index in [4.69, 9.17) is 0 Å². The molecule has 0 spiro atoms. The van der Waals surface area contributed by atoms with Gasteiger partial charge in [-0.2, -0.15) is 0 Å². The lowest BCUT2D eigenvalue weighted by molar-refractivity contribution is -0.118. The van der Waals surface area contributed by atoms with Crippen LogP contribution in [0.3, 0.4) is 0 Å². The topological polar surface area (TPSA) is 46.1 Å². The second-order valence-electron chi connectivity index (χ2n) is 5.83. The Morgan fingerprint density at radius 1 is 1.19 bits per heavy atom. The van der Waals surface area contributed by atoms with Crippen molar-refractivity contribution >= 4 is 43.9 Å². The van der Waals surface area contributed by atoms with Crippen molar-refractivity contribution in [1.82, 2.24) is 9.97 Å². The Bertz CT molecular complexity index is 1080. The maximum atomic E-state index is 14.0. The Kier molecular flexibility index (Phi) is 4.91. The van der Waals surface area contributed by atoms with Crippen LogP contribution in [-0.4, -0.2) is 15.9 Å². The van der Waals surface area contributed by atoms with Crippen LogP contribution in [0.5, 0.6) is 0 Å². The molecule has 0 unspecified atom stereocenters. The van der Waals surface area contributed by atoms with Crippen molar-refractivity contribution in [3.8, 4) is 0 Å². The fourth-order valence-corrected chi connectivity index (χ4v) is 4.37. The maximum Gasteiger partial charge on any atom is 0.234 e. The minimum Gasteiger partial charge on any atom is -0.283 e. The predicted molar refractivity (Wildman–Crippen MR) is 103 cm³/mol. The fraction of sp³-hybridized carbons (Fsp3) is 0.105. The molecule has 4 aromatic rings. The van der Waals surface area contributed by atoms with Crippen LogP contribution in [0, 0.1) is 11.6 Å². The van der Waals surface area contributed by atoms with Gasteiger partial charge in [0.2, 0.25) is 5.91 Å². The number of carbonyl (C=O) groups excluding carboxylic acids is 1. The molecule has 0 fully saturated rings. The molecule has 0 aliphatic rings. The molecule has 0 atom stereocenters. The van der Waals surface area contributed by atoms with Crippen LogP contribution in [0.1, 0.15) is 10.4 Å². The summed E-state index contributed by atoms with van der Waals surface area (Å²) in [7, 11) is 0. The monoisotopic (exact) mass is 401 g/mol. The highest BCUT2D eigenvalue weighted by molar-refractivity contribution is 7.22. The highest BCUT2D eigenvalue weighted by Crippen LogP contribution is 2.32. The van der Waals surface area contributed by atoms with E-state index in [1.165, 1.54) is 22.3 Å². The molecule has 1 aromatic carbocycles. The molecular weight excluding hydrogens is 388 g/mol. The van der Waals surface area contributed by atoms with Crippen LogP contribution in [0.25, 0.3) is 10.2 Å². The average Bonchev–Trinajstić information content (AvgIpc) is 3.30. The number of halogens is 2. The molecule has 0 saturated heterocycles. The van der Waals surface area contributed by atoms with Gasteiger partial charge in [-0.05, 0) is 29.1 Å².